The Kier molecular flexibility index (Phi) is 8.64. The summed E-state index contributed by atoms with van der Waals surface area (Å²) in [5.41, 5.74) is 2.64. The maximum Gasteiger partial charge on any atom is 0.257 e. The summed E-state index contributed by atoms with van der Waals surface area (Å²) in [5.74, 6) is -1.41. The van der Waals surface area contributed by atoms with Crippen molar-refractivity contribution in [2.24, 2.45) is 0 Å². The highest BCUT2D eigenvalue weighted by Crippen LogP contribution is 2.29. The zero-order chi connectivity index (χ0) is 28.2. The van der Waals surface area contributed by atoms with Gasteiger partial charge in [0.2, 0.25) is 10.0 Å². The van der Waals surface area contributed by atoms with Gasteiger partial charge in [0.25, 0.3) is 5.91 Å². The molecule has 0 unspecified atom stereocenters. The number of anilines is 2. The van der Waals surface area contributed by atoms with E-state index < -0.39 is 27.6 Å². The molecule has 6 nitrogen and oxygen atoms in total. The second-order valence-electron chi connectivity index (χ2n) is 9.03. The van der Waals surface area contributed by atoms with Crippen LogP contribution >= 0.6 is 11.6 Å². The molecule has 0 aliphatic rings. The van der Waals surface area contributed by atoms with Gasteiger partial charge in [-0.15, -0.1) is 0 Å². The molecule has 0 spiro atoms. The van der Waals surface area contributed by atoms with E-state index in [0.717, 1.165) is 17.8 Å². The van der Waals surface area contributed by atoms with Gasteiger partial charge in [-0.3, -0.25) is 4.79 Å². The Morgan fingerprint density at radius 1 is 0.846 bits per heavy atom. The number of nitrogens with zero attached hydrogens (tertiary/aromatic N) is 2. The summed E-state index contributed by atoms with van der Waals surface area (Å²) < 4.78 is 55.7. The maximum absolute atomic E-state index is 13.7. The summed E-state index contributed by atoms with van der Waals surface area (Å²) in [4.78, 5) is 14.6. The van der Waals surface area contributed by atoms with Gasteiger partial charge in [0.1, 0.15) is 11.6 Å². The van der Waals surface area contributed by atoms with Gasteiger partial charge in [0, 0.05) is 38.6 Å². The van der Waals surface area contributed by atoms with Crippen molar-refractivity contribution in [2.75, 3.05) is 24.3 Å². The first-order valence-corrected chi connectivity index (χ1v) is 13.7. The number of carbonyl (C=O) groups excluding carboxylic acids is 1. The number of carbonyl (C=O) groups is 1. The molecule has 10 heteroatoms. The Labute approximate surface area is 231 Å². The van der Waals surface area contributed by atoms with E-state index in [2.05, 4.69) is 5.32 Å². The molecular formula is C29H26ClF2N3O3S. The van der Waals surface area contributed by atoms with Gasteiger partial charge in [-0.25, -0.2) is 17.2 Å². The van der Waals surface area contributed by atoms with Gasteiger partial charge in [-0.05, 0) is 77.9 Å². The number of nitrogens with one attached hydrogen (secondary N) is 1. The SMILES string of the molecule is CN(C)c1ccc(NC(=O)c2ccccc2Cl)cc1CN(Cc1ccc(F)cc1)S(=O)(=O)c1ccc(F)cc1. The molecule has 0 aliphatic carbocycles. The van der Waals surface area contributed by atoms with Crippen LogP contribution in [0.4, 0.5) is 20.2 Å². The minimum atomic E-state index is -4.10. The van der Waals surface area contributed by atoms with Crippen molar-refractivity contribution >= 4 is 38.9 Å². The number of benzene rings is 4. The lowest BCUT2D eigenvalue weighted by atomic mass is 10.1. The van der Waals surface area contributed by atoms with Crippen molar-refractivity contribution in [2.45, 2.75) is 18.0 Å². The van der Waals surface area contributed by atoms with Gasteiger partial charge in [-0.1, -0.05) is 35.9 Å². The molecule has 202 valence electrons. The van der Waals surface area contributed by atoms with E-state index in [1.807, 2.05) is 19.0 Å². The summed E-state index contributed by atoms with van der Waals surface area (Å²) >= 11 is 6.17. The fourth-order valence-electron chi connectivity index (χ4n) is 4.03. The summed E-state index contributed by atoms with van der Waals surface area (Å²) in [5, 5.41) is 3.12. The summed E-state index contributed by atoms with van der Waals surface area (Å²) in [7, 11) is -0.464. The molecule has 0 aromatic heterocycles. The highest BCUT2D eigenvalue weighted by atomic mass is 35.5. The van der Waals surface area contributed by atoms with Crippen LogP contribution in [-0.2, 0) is 23.1 Å². The molecule has 4 aromatic rings. The Morgan fingerprint density at radius 3 is 2.08 bits per heavy atom. The number of halogens is 3. The van der Waals surface area contributed by atoms with E-state index in [1.54, 1.807) is 42.5 Å². The van der Waals surface area contributed by atoms with E-state index in [-0.39, 0.29) is 18.0 Å². The van der Waals surface area contributed by atoms with E-state index >= 15 is 0 Å². The van der Waals surface area contributed by atoms with Crippen molar-refractivity contribution in [1.82, 2.24) is 4.31 Å². The van der Waals surface area contributed by atoms with Crippen molar-refractivity contribution in [3.8, 4) is 0 Å². The first-order valence-electron chi connectivity index (χ1n) is 11.9. The summed E-state index contributed by atoms with van der Waals surface area (Å²) in [6, 6.07) is 21.9. The molecule has 0 saturated carbocycles. The lowest BCUT2D eigenvalue weighted by Gasteiger charge is -2.26. The first-order chi connectivity index (χ1) is 18.5. The number of hydrogen-bond acceptors (Lipinski definition) is 4. The second kappa shape index (κ2) is 11.9. The number of hydrogen-bond donors (Lipinski definition) is 1. The van der Waals surface area contributed by atoms with Crippen LogP contribution < -0.4 is 10.2 Å². The molecule has 0 atom stereocenters. The highest BCUT2D eigenvalue weighted by Gasteiger charge is 2.26. The molecule has 4 aromatic carbocycles. The molecular weight excluding hydrogens is 544 g/mol. The first kappa shape index (κ1) is 28.2. The van der Waals surface area contributed by atoms with Crippen LogP contribution in [0.2, 0.25) is 5.02 Å². The van der Waals surface area contributed by atoms with Gasteiger partial charge in [0.15, 0.2) is 0 Å². The van der Waals surface area contributed by atoms with Crippen molar-refractivity contribution in [1.29, 1.82) is 0 Å². The van der Waals surface area contributed by atoms with E-state index in [1.165, 1.54) is 40.7 Å². The molecule has 0 radical (unpaired) electrons. The van der Waals surface area contributed by atoms with Gasteiger partial charge < -0.3 is 10.2 Å². The number of sulfonamides is 1. The van der Waals surface area contributed by atoms with Gasteiger partial charge in [0.05, 0.1) is 15.5 Å². The second-order valence-corrected chi connectivity index (χ2v) is 11.4. The number of amides is 1. The summed E-state index contributed by atoms with van der Waals surface area (Å²) in [6.07, 6.45) is 0. The summed E-state index contributed by atoms with van der Waals surface area (Å²) in [6.45, 7) is -0.149. The van der Waals surface area contributed by atoms with Crippen LogP contribution in [0.1, 0.15) is 21.5 Å². The zero-order valence-corrected chi connectivity index (χ0v) is 22.8. The third-order valence-electron chi connectivity index (χ3n) is 6.01. The maximum atomic E-state index is 13.7. The molecule has 0 fully saturated rings. The lowest BCUT2D eigenvalue weighted by Crippen LogP contribution is -2.31. The normalized spacial score (nSPS) is 11.4. The predicted molar refractivity (Wildman–Crippen MR) is 149 cm³/mol. The molecule has 4 rings (SSSR count). The van der Waals surface area contributed by atoms with Crippen molar-refractivity contribution in [3.05, 3.63) is 124 Å². The Hall–Kier alpha value is -3.79. The third kappa shape index (κ3) is 6.81. The van der Waals surface area contributed by atoms with Crippen molar-refractivity contribution < 1.29 is 22.0 Å². The lowest BCUT2D eigenvalue weighted by molar-refractivity contribution is 0.102. The standard InChI is InChI=1S/C29H26ClF2N3O3S/c1-34(2)28-16-13-24(33-29(36)26-5-3-4-6-27(26)30)17-21(28)19-35(18-20-7-9-22(31)10-8-20)39(37,38)25-14-11-23(32)12-15-25/h3-17H,18-19H2,1-2H3,(H,33,36). The van der Waals surface area contributed by atoms with E-state index in [9.17, 15) is 22.0 Å². The van der Waals surface area contributed by atoms with Crippen LogP contribution in [0, 0.1) is 11.6 Å². The fourth-order valence-corrected chi connectivity index (χ4v) is 5.66. The Morgan fingerprint density at radius 2 is 1.46 bits per heavy atom. The molecule has 0 bridgehead atoms. The largest absolute Gasteiger partial charge is 0.377 e. The van der Waals surface area contributed by atoms with E-state index in [0.29, 0.717) is 27.4 Å². The van der Waals surface area contributed by atoms with Gasteiger partial charge in [-0.2, -0.15) is 4.31 Å². The van der Waals surface area contributed by atoms with Crippen molar-refractivity contribution in [3.63, 3.8) is 0 Å². The minimum absolute atomic E-state index is 0.0664. The smallest absolute Gasteiger partial charge is 0.257 e. The van der Waals surface area contributed by atoms with Crippen LogP contribution in [0.15, 0.2) is 95.9 Å². The molecule has 0 heterocycles. The zero-order valence-electron chi connectivity index (χ0n) is 21.2. The highest BCUT2D eigenvalue weighted by molar-refractivity contribution is 7.89. The molecule has 0 aliphatic heterocycles. The average Bonchev–Trinajstić information content (AvgIpc) is 2.90. The molecule has 0 saturated heterocycles. The fraction of sp³-hybridized carbons (Fsp3) is 0.138. The number of rotatable bonds is 9. The van der Waals surface area contributed by atoms with E-state index in [4.69, 9.17) is 11.6 Å². The van der Waals surface area contributed by atoms with Gasteiger partial charge >= 0.3 is 0 Å². The van der Waals surface area contributed by atoms with Crippen LogP contribution in [0.5, 0.6) is 0 Å². The minimum Gasteiger partial charge on any atom is -0.377 e. The van der Waals surface area contributed by atoms with Crippen LogP contribution in [0.25, 0.3) is 0 Å². The third-order valence-corrected chi connectivity index (χ3v) is 8.14. The average molecular weight is 570 g/mol. The monoisotopic (exact) mass is 569 g/mol. The predicted octanol–water partition coefficient (Wildman–Crippen LogP) is 6.33. The molecule has 1 amide bonds. The van der Waals surface area contributed by atoms with Crippen LogP contribution in [-0.4, -0.2) is 32.7 Å². The quantitative estimate of drug-likeness (QED) is 0.256. The molecule has 1 N–H and O–H groups in total. The topological polar surface area (TPSA) is 69.7 Å². The Bertz CT molecular complexity index is 1580. The molecule has 39 heavy (non-hydrogen) atoms. The Balaban J connectivity index is 1.72. The van der Waals surface area contributed by atoms with Crippen LogP contribution in [0.3, 0.4) is 0 Å².